The Kier molecular flexibility index (Phi) is 2.59. The first-order valence-electron chi connectivity index (χ1n) is 5.31. The SMILES string of the molecule is CCOC(=O)C1=C2CCCC2C(O)C1. The van der Waals surface area contributed by atoms with Crippen molar-refractivity contribution in [3.63, 3.8) is 0 Å². The fourth-order valence-electron chi connectivity index (χ4n) is 2.59. The van der Waals surface area contributed by atoms with Gasteiger partial charge in [0.25, 0.3) is 0 Å². The molecule has 2 aliphatic carbocycles. The van der Waals surface area contributed by atoms with Crippen LogP contribution in [0.5, 0.6) is 0 Å². The van der Waals surface area contributed by atoms with Crippen molar-refractivity contribution >= 4 is 5.97 Å². The lowest BCUT2D eigenvalue weighted by molar-refractivity contribution is -0.138. The largest absolute Gasteiger partial charge is 0.463 e. The molecule has 0 spiro atoms. The van der Waals surface area contributed by atoms with Crippen LogP contribution in [0.25, 0.3) is 0 Å². The van der Waals surface area contributed by atoms with Gasteiger partial charge in [0, 0.05) is 17.9 Å². The van der Waals surface area contributed by atoms with Crippen LogP contribution < -0.4 is 0 Å². The quantitative estimate of drug-likeness (QED) is 0.679. The first kappa shape index (κ1) is 9.71. The van der Waals surface area contributed by atoms with Crippen molar-refractivity contribution < 1.29 is 14.6 Å². The summed E-state index contributed by atoms with van der Waals surface area (Å²) in [7, 11) is 0. The molecule has 1 N–H and O–H groups in total. The Balaban J connectivity index is 2.18. The highest BCUT2D eigenvalue weighted by Gasteiger charge is 2.39. The number of ether oxygens (including phenoxy) is 1. The van der Waals surface area contributed by atoms with E-state index in [1.807, 2.05) is 0 Å². The molecule has 2 rings (SSSR count). The van der Waals surface area contributed by atoms with Crippen LogP contribution in [0.3, 0.4) is 0 Å². The Bertz CT molecular complexity index is 280. The first-order chi connectivity index (χ1) is 6.74. The number of hydrogen-bond donors (Lipinski definition) is 1. The van der Waals surface area contributed by atoms with Gasteiger partial charge in [-0.3, -0.25) is 0 Å². The van der Waals surface area contributed by atoms with Gasteiger partial charge in [-0.05, 0) is 26.2 Å². The number of rotatable bonds is 2. The van der Waals surface area contributed by atoms with E-state index in [1.54, 1.807) is 6.92 Å². The molecular formula is C11H16O3. The van der Waals surface area contributed by atoms with Crippen LogP contribution in [0.2, 0.25) is 0 Å². The number of aliphatic hydroxyl groups excluding tert-OH is 1. The monoisotopic (exact) mass is 196 g/mol. The minimum absolute atomic E-state index is 0.217. The van der Waals surface area contributed by atoms with Gasteiger partial charge in [-0.2, -0.15) is 0 Å². The summed E-state index contributed by atoms with van der Waals surface area (Å²) in [5, 5.41) is 9.74. The van der Waals surface area contributed by atoms with Gasteiger partial charge in [0.1, 0.15) is 0 Å². The lowest BCUT2D eigenvalue weighted by Gasteiger charge is -2.09. The molecule has 1 saturated carbocycles. The highest BCUT2D eigenvalue weighted by Crippen LogP contribution is 2.43. The molecule has 2 unspecified atom stereocenters. The first-order valence-corrected chi connectivity index (χ1v) is 5.31. The Morgan fingerprint density at radius 3 is 3.14 bits per heavy atom. The molecule has 0 aromatic carbocycles. The van der Waals surface area contributed by atoms with Gasteiger partial charge in [0.2, 0.25) is 0 Å². The number of aliphatic hydroxyl groups is 1. The minimum Gasteiger partial charge on any atom is -0.463 e. The molecule has 14 heavy (non-hydrogen) atoms. The molecule has 0 bridgehead atoms. The van der Waals surface area contributed by atoms with E-state index in [-0.39, 0.29) is 18.0 Å². The molecular weight excluding hydrogens is 180 g/mol. The fourth-order valence-corrected chi connectivity index (χ4v) is 2.59. The molecule has 78 valence electrons. The summed E-state index contributed by atoms with van der Waals surface area (Å²) >= 11 is 0. The van der Waals surface area contributed by atoms with Crippen LogP contribution in [-0.2, 0) is 9.53 Å². The summed E-state index contributed by atoms with van der Waals surface area (Å²) < 4.78 is 4.97. The van der Waals surface area contributed by atoms with Crippen LogP contribution in [0.4, 0.5) is 0 Å². The normalized spacial score (nSPS) is 30.7. The third kappa shape index (κ3) is 1.46. The molecule has 0 radical (unpaired) electrons. The molecule has 2 aliphatic rings. The van der Waals surface area contributed by atoms with E-state index in [2.05, 4.69) is 0 Å². The lowest BCUT2D eigenvalue weighted by atomic mass is 10.0. The molecule has 0 amide bonds. The number of carbonyl (C=O) groups excluding carboxylic acids is 1. The van der Waals surface area contributed by atoms with Crippen LogP contribution in [0.1, 0.15) is 32.6 Å². The zero-order valence-corrected chi connectivity index (χ0v) is 8.45. The van der Waals surface area contributed by atoms with Gasteiger partial charge in [-0.1, -0.05) is 5.57 Å². The van der Waals surface area contributed by atoms with Gasteiger partial charge in [-0.15, -0.1) is 0 Å². The third-order valence-corrected chi connectivity index (χ3v) is 3.20. The molecule has 2 atom stereocenters. The summed E-state index contributed by atoms with van der Waals surface area (Å²) in [5.41, 5.74) is 1.91. The van der Waals surface area contributed by atoms with Gasteiger partial charge < -0.3 is 9.84 Å². The van der Waals surface area contributed by atoms with E-state index >= 15 is 0 Å². The Morgan fingerprint density at radius 2 is 2.43 bits per heavy atom. The summed E-state index contributed by atoms with van der Waals surface area (Å²) in [6.07, 6.45) is 3.25. The molecule has 1 fully saturated rings. The van der Waals surface area contributed by atoms with E-state index in [9.17, 15) is 9.90 Å². The maximum absolute atomic E-state index is 11.5. The highest BCUT2D eigenvalue weighted by molar-refractivity contribution is 5.90. The zero-order valence-electron chi connectivity index (χ0n) is 8.45. The predicted octanol–water partition coefficient (Wildman–Crippen LogP) is 1.41. The van der Waals surface area contributed by atoms with Gasteiger partial charge in [0.05, 0.1) is 12.7 Å². The van der Waals surface area contributed by atoms with Crippen molar-refractivity contribution in [2.45, 2.75) is 38.7 Å². The van der Waals surface area contributed by atoms with Gasteiger partial charge >= 0.3 is 5.97 Å². The predicted molar refractivity (Wildman–Crippen MR) is 51.6 cm³/mol. The smallest absolute Gasteiger partial charge is 0.334 e. The average Bonchev–Trinajstić information content (AvgIpc) is 2.70. The van der Waals surface area contributed by atoms with E-state index in [0.29, 0.717) is 13.0 Å². The number of hydrogen-bond acceptors (Lipinski definition) is 3. The molecule has 0 heterocycles. The maximum atomic E-state index is 11.5. The van der Waals surface area contributed by atoms with Crippen LogP contribution in [0, 0.1) is 5.92 Å². The number of carbonyl (C=O) groups is 1. The van der Waals surface area contributed by atoms with Crippen molar-refractivity contribution in [1.29, 1.82) is 0 Å². The summed E-state index contributed by atoms with van der Waals surface area (Å²) in [6, 6.07) is 0. The minimum atomic E-state index is -0.341. The molecule has 0 saturated heterocycles. The van der Waals surface area contributed by atoms with Crippen LogP contribution >= 0.6 is 0 Å². The molecule has 3 nitrogen and oxygen atoms in total. The summed E-state index contributed by atoms with van der Waals surface area (Å²) in [6.45, 7) is 2.22. The fraction of sp³-hybridized carbons (Fsp3) is 0.727. The van der Waals surface area contributed by atoms with Crippen molar-refractivity contribution in [1.82, 2.24) is 0 Å². The van der Waals surface area contributed by atoms with Crippen LogP contribution in [0.15, 0.2) is 11.1 Å². The second kappa shape index (κ2) is 3.73. The zero-order chi connectivity index (χ0) is 10.1. The lowest BCUT2D eigenvalue weighted by Crippen LogP contribution is -2.13. The van der Waals surface area contributed by atoms with Crippen molar-refractivity contribution in [3.05, 3.63) is 11.1 Å². The molecule has 0 aromatic heterocycles. The van der Waals surface area contributed by atoms with E-state index in [1.165, 1.54) is 0 Å². The number of fused-ring (bicyclic) bond motifs is 1. The third-order valence-electron chi connectivity index (χ3n) is 3.20. The topological polar surface area (TPSA) is 46.5 Å². The average molecular weight is 196 g/mol. The Morgan fingerprint density at radius 1 is 1.64 bits per heavy atom. The Labute approximate surface area is 83.8 Å². The second-order valence-corrected chi connectivity index (χ2v) is 3.99. The van der Waals surface area contributed by atoms with Crippen molar-refractivity contribution in [2.75, 3.05) is 6.61 Å². The van der Waals surface area contributed by atoms with Crippen LogP contribution in [-0.4, -0.2) is 23.8 Å². The summed E-state index contributed by atoms with van der Waals surface area (Å²) in [5.74, 6) is 0.0281. The highest BCUT2D eigenvalue weighted by atomic mass is 16.5. The number of esters is 1. The van der Waals surface area contributed by atoms with E-state index < -0.39 is 0 Å². The van der Waals surface area contributed by atoms with Gasteiger partial charge in [0.15, 0.2) is 0 Å². The van der Waals surface area contributed by atoms with Gasteiger partial charge in [-0.25, -0.2) is 4.79 Å². The molecule has 0 aromatic rings. The van der Waals surface area contributed by atoms with Crippen molar-refractivity contribution in [3.8, 4) is 0 Å². The standard InChI is InChI=1S/C11H16O3/c1-2-14-11(13)9-6-10(12)8-5-3-4-7(8)9/h8,10,12H,2-6H2,1H3. The molecule has 0 aliphatic heterocycles. The second-order valence-electron chi connectivity index (χ2n) is 3.99. The Hall–Kier alpha value is -0.830. The summed E-state index contributed by atoms with van der Waals surface area (Å²) in [4.78, 5) is 11.5. The van der Waals surface area contributed by atoms with E-state index in [0.717, 1.165) is 30.4 Å². The maximum Gasteiger partial charge on any atom is 0.334 e. The van der Waals surface area contributed by atoms with Crippen molar-refractivity contribution in [2.24, 2.45) is 5.92 Å². The van der Waals surface area contributed by atoms with E-state index in [4.69, 9.17) is 4.74 Å². The molecule has 3 heteroatoms.